The minimum Gasteiger partial charge on any atom is -0.288 e. The summed E-state index contributed by atoms with van der Waals surface area (Å²) in [5.41, 5.74) is 1.18. The van der Waals surface area contributed by atoms with Gasteiger partial charge in [-0.05, 0) is 41.3 Å². The van der Waals surface area contributed by atoms with Crippen LogP contribution in [0, 0.1) is 5.82 Å². The first-order valence-electron chi connectivity index (χ1n) is 7.68. The Kier molecular flexibility index (Phi) is 3.82. The van der Waals surface area contributed by atoms with Crippen LogP contribution in [0.1, 0.15) is 5.56 Å². The molecule has 0 amide bonds. The summed E-state index contributed by atoms with van der Waals surface area (Å²) in [6, 6.07) is 16.6. The van der Waals surface area contributed by atoms with Crippen molar-refractivity contribution in [3.63, 3.8) is 0 Å². The summed E-state index contributed by atoms with van der Waals surface area (Å²) in [5, 5.41) is 1.79. The van der Waals surface area contributed by atoms with Gasteiger partial charge in [0, 0.05) is 0 Å². The minimum absolute atomic E-state index is 0.263. The molecule has 4 rings (SSSR count). The second kappa shape index (κ2) is 6.14. The number of para-hydroxylation sites is 1. The molecule has 2 heterocycles. The molecule has 0 fully saturated rings. The molecule has 0 atom stereocenters. The molecular formula is C19H13FN2O2S. The largest absolute Gasteiger partial charge is 0.336 e. The Morgan fingerprint density at radius 1 is 0.920 bits per heavy atom. The number of aromatic nitrogens is 2. The Hall–Kier alpha value is -2.99. The lowest BCUT2D eigenvalue weighted by Crippen LogP contribution is -2.38. The van der Waals surface area contributed by atoms with Crippen LogP contribution < -0.4 is 11.2 Å². The van der Waals surface area contributed by atoms with Crippen LogP contribution in [0.2, 0.25) is 0 Å². The maximum Gasteiger partial charge on any atom is 0.336 e. The van der Waals surface area contributed by atoms with Gasteiger partial charge in [-0.15, -0.1) is 11.3 Å². The lowest BCUT2D eigenvalue weighted by molar-refractivity contribution is 0.625. The van der Waals surface area contributed by atoms with Crippen molar-refractivity contribution >= 4 is 21.6 Å². The number of rotatable bonds is 3. The molecule has 2 aromatic carbocycles. The average molecular weight is 352 g/mol. The fourth-order valence-electron chi connectivity index (χ4n) is 2.82. The summed E-state index contributed by atoms with van der Waals surface area (Å²) >= 11 is 1.31. The average Bonchev–Trinajstić information content (AvgIpc) is 3.11. The van der Waals surface area contributed by atoms with E-state index >= 15 is 0 Å². The fourth-order valence-corrected chi connectivity index (χ4v) is 3.64. The Labute approximate surface area is 146 Å². The maximum atomic E-state index is 13.1. The van der Waals surface area contributed by atoms with Crippen LogP contribution in [0.3, 0.4) is 0 Å². The highest BCUT2D eigenvalue weighted by molar-refractivity contribution is 7.17. The first-order valence-corrected chi connectivity index (χ1v) is 8.56. The summed E-state index contributed by atoms with van der Waals surface area (Å²) in [6.45, 7) is 0.263. The van der Waals surface area contributed by atoms with Crippen molar-refractivity contribution in [3.05, 3.63) is 98.3 Å². The van der Waals surface area contributed by atoms with Crippen LogP contribution >= 0.6 is 11.3 Å². The van der Waals surface area contributed by atoms with Crippen molar-refractivity contribution in [3.8, 4) is 5.69 Å². The van der Waals surface area contributed by atoms with E-state index in [1.807, 2.05) is 6.07 Å². The molecule has 0 spiro atoms. The van der Waals surface area contributed by atoms with Crippen molar-refractivity contribution in [2.75, 3.05) is 0 Å². The van der Waals surface area contributed by atoms with Crippen LogP contribution in [0.25, 0.3) is 15.9 Å². The van der Waals surface area contributed by atoms with Gasteiger partial charge < -0.3 is 0 Å². The Morgan fingerprint density at radius 2 is 1.64 bits per heavy atom. The van der Waals surface area contributed by atoms with Gasteiger partial charge in [0.1, 0.15) is 10.5 Å². The summed E-state index contributed by atoms with van der Waals surface area (Å²) in [4.78, 5) is 25.8. The molecule has 4 aromatic rings. The van der Waals surface area contributed by atoms with Gasteiger partial charge in [0.15, 0.2) is 0 Å². The van der Waals surface area contributed by atoms with Crippen LogP contribution in [-0.2, 0) is 6.54 Å². The number of hydrogen-bond donors (Lipinski definition) is 0. The summed E-state index contributed by atoms with van der Waals surface area (Å²) in [6.07, 6.45) is 0. The minimum atomic E-state index is -0.411. The van der Waals surface area contributed by atoms with E-state index in [0.29, 0.717) is 15.9 Å². The molecule has 0 radical (unpaired) electrons. The Morgan fingerprint density at radius 3 is 2.36 bits per heavy atom. The first kappa shape index (κ1) is 15.5. The van der Waals surface area contributed by atoms with E-state index in [9.17, 15) is 14.0 Å². The van der Waals surface area contributed by atoms with E-state index in [0.717, 1.165) is 5.56 Å². The molecule has 0 aliphatic carbocycles. The van der Waals surface area contributed by atoms with Gasteiger partial charge in [-0.3, -0.25) is 9.36 Å². The molecular weight excluding hydrogens is 339 g/mol. The molecule has 0 saturated carbocycles. The van der Waals surface area contributed by atoms with Crippen molar-refractivity contribution in [2.45, 2.75) is 6.54 Å². The zero-order valence-corrected chi connectivity index (χ0v) is 13.9. The van der Waals surface area contributed by atoms with E-state index in [1.54, 1.807) is 52.4 Å². The number of halogens is 1. The number of hydrogen-bond acceptors (Lipinski definition) is 3. The normalized spacial score (nSPS) is 11.1. The van der Waals surface area contributed by atoms with Gasteiger partial charge >= 0.3 is 5.69 Å². The molecule has 0 bridgehead atoms. The maximum absolute atomic E-state index is 13.1. The lowest BCUT2D eigenvalue weighted by Gasteiger charge is -2.12. The molecule has 0 aliphatic rings. The highest BCUT2D eigenvalue weighted by atomic mass is 32.1. The predicted octanol–water partition coefficient (Wildman–Crippen LogP) is 3.40. The van der Waals surface area contributed by atoms with Crippen molar-refractivity contribution in [2.24, 2.45) is 0 Å². The number of fused-ring (bicyclic) bond motifs is 1. The van der Waals surface area contributed by atoms with E-state index in [2.05, 4.69) is 0 Å². The standard InChI is InChI=1S/C19H13FN2O2S/c20-14-8-6-13(7-9-14)12-21-16-10-11-25-17(16)18(23)22(19(21)24)15-4-2-1-3-5-15/h1-11H,12H2. The predicted molar refractivity (Wildman–Crippen MR) is 97.2 cm³/mol. The quantitative estimate of drug-likeness (QED) is 0.567. The van der Waals surface area contributed by atoms with Crippen molar-refractivity contribution < 1.29 is 4.39 Å². The topological polar surface area (TPSA) is 44.0 Å². The van der Waals surface area contributed by atoms with E-state index in [1.165, 1.54) is 28.0 Å². The monoisotopic (exact) mass is 352 g/mol. The lowest BCUT2D eigenvalue weighted by atomic mass is 10.2. The molecule has 0 aliphatic heterocycles. The van der Waals surface area contributed by atoms with Gasteiger partial charge in [-0.1, -0.05) is 30.3 Å². The SMILES string of the molecule is O=c1c2sccc2n(Cc2ccc(F)cc2)c(=O)n1-c1ccccc1. The highest BCUT2D eigenvalue weighted by Gasteiger charge is 2.15. The third kappa shape index (κ3) is 2.70. The van der Waals surface area contributed by atoms with Gasteiger partial charge in [0.25, 0.3) is 5.56 Å². The molecule has 0 N–H and O–H groups in total. The zero-order chi connectivity index (χ0) is 17.4. The molecule has 2 aromatic heterocycles. The smallest absolute Gasteiger partial charge is 0.288 e. The van der Waals surface area contributed by atoms with Gasteiger partial charge in [-0.2, -0.15) is 0 Å². The van der Waals surface area contributed by atoms with Gasteiger partial charge in [0.05, 0.1) is 17.7 Å². The second-order valence-corrected chi connectivity index (χ2v) is 6.52. The summed E-state index contributed by atoms with van der Waals surface area (Å²) < 4.78 is 16.4. The number of thiophene rings is 1. The molecule has 124 valence electrons. The molecule has 25 heavy (non-hydrogen) atoms. The van der Waals surface area contributed by atoms with Gasteiger partial charge in [0.2, 0.25) is 0 Å². The summed E-state index contributed by atoms with van der Waals surface area (Å²) in [7, 11) is 0. The van der Waals surface area contributed by atoms with Crippen LogP contribution in [0.4, 0.5) is 4.39 Å². The van der Waals surface area contributed by atoms with E-state index in [4.69, 9.17) is 0 Å². The number of nitrogens with zero attached hydrogens (tertiary/aromatic N) is 2. The summed E-state index contributed by atoms with van der Waals surface area (Å²) in [5.74, 6) is -0.328. The molecule has 6 heteroatoms. The van der Waals surface area contributed by atoms with E-state index in [-0.39, 0.29) is 17.9 Å². The third-order valence-corrected chi connectivity index (χ3v) is 4.91. The van der Waals surface area contributed by atoms with Crippen LogP contribution in [0.5, 0.6) is 0 Å². The van der Waals surface area contributed by atoms with Crippen LogP contribution in [0.15, 0.2) is 75.6 Å². The molecule has 0 saturated heterocycles. The third-order valence-electron chi connectivity index (χ3n) is 4.02. The second-order valence-electron chi connectivity index (χ2n) is 5.61. The Balaban J connectivity index is 1.98. The van der Waals surface area contributed by atoms with Gasteiger partial charge in [-0.25, -0.2) is 13.8 Å². The first-order chi connectivity index (χ1) is 12.1. The molecule has 4 nitrogen and oxygen atoms in total. The zero-order valence-electron chi connectivity index (χ0n) is 13.1. The highest BCUT2D eigenvalue weighted by Crippen LogP contribution is 2.17. The van der Waals surface area contributed by atoms with E-state index < -0.39 is 5.69 Å². The Bertz CT molecular complexity index is 1160. The van der Waals surface area contributed by atoms with Crippen molar-refractivity contribution in [1.82, 2.24) is 9.13 Å². The number of benzene rings is 2. The fraction of sp³-hybridized carbons (Fsp3) is 0.0526. The van der Waals surface area contributed by atoms with Crippen LogP contribution in [-0.4, -0.2) is 9.13 Å². The van der Waals surface area contributed by atoms with Crippen molar-refractivity contribution in [1.29, 1.82) is 0 Å². The molecule has 0 unspecified atom stereocenters.